The van der Waals surface area contributed by atoms with Gasteiger partial charge in [-0.15, -0.1) is 0 Å². The molecule has 5 heteroatoms. The number of hydrogen-bond donors (Lipinski definition) is 2. The molecule has 0 aliphatic rings. The second kappa shape index (κ2) is 4.31. The second-order valence-electron chi connectivity index (χ2n) is 3.91. The Balaban J connectivity index is 2.13. The first-order chi connectivity index (χ1) is 8.76. The molecule has 0 bridgehead atoms. The third kappa shape index (κ3) is 1.91. The SMILES string of the molecule is CNc1ccc2[nH]c(-c3cccc(Cl)c3)nc2n1. The van der Waals surface area contributed by atoms with Crippen LogP contribution < -0.4 is 5.32 Å². The summed E-state index contributed by atoms with van der Waals surface area (Å²) in [7, 11) is 1.83. The third-order valence-electron chi connectivity index (χ3n) is 2.70. The monoisotopic (exact) mass is 258 g/mol. The minimum atomic E-state index is 0.692. The van der Waals surface area contributed by atoms with Gasteiger partial charge in [-0.3, -0.25) is 0 Å². The van der Waals surface area contributed by atoms with E-state index in [1.807, 2.05) is 43.4 Å². The average molecular weight is 259 g/mol. The number of aromatic amines is 1. The molecule has 0 aliphatic heterocycles. The summed E-state index contributed by atoms with van der Waals surface area (Å²) in [4.78, 5) is 12.1. The lowest BCUT2D eigenvalue weighted by molar-refractivity contribution is 1.28. The lowest BCUT2D eigenvalue weighted by Crippen LogP contribution is -1.91. The summed E-state index contributed by atoms with van der Waals surface area (Å²) in [6.45, 7) is 0. The highest BCUT2D eigenvalue weighted by Crippen LogP contribution is 2.22. The minimum absolute atomic E-state index is 0.692. The summed E-state index contributed by atoms with van der Waals surface area (Å²) >= 11 is 5.97. The van der Waals surface area contributed by atoms with Crippen LogP contribution in [0.3, 0.4) is 0 Å². The molecule has 3 aromatic rings. The average Bonchev–Trinajstić information content (AvgIpc) is 2.81. The van der Waals surface area contributed by atoms with Gasteiger partial charge in [0.05, 0.1) is 5.52 Å². The molecule has 0 saturated heterocycles. The van der Waals surface area contributed by atoms with Gasteiger partial charge in [0.2, 0.25) is 0 Å². The van der Waals surface area contributed by atoms with Gasteiger partial charge in [0.25, 0.3) is 0 Å². The Bertz CT molecular complexity index is 705. The summed E-state index contributed by atoms with van der Waals surface area (Å²) in [5.41, 5.74) is 2.55. The predicted octanol–water partition coefficient (Wildman–Crippen LogP) is 3.32. The highest BCUT2D eigenvalue weighted by atomic mass is 35.5. The van der Waals surface area contributed by atoms with E-state index < -0.39 is 0 Å². The van der Waals surface area contributed by atoms with Gasteiger partial charge in [0.1, 0.15) is 11.6 Å². The maximum absolute atomic E-state index is 5.97. The molecule has 0 radical (unpaired) electrons. The summed E-state index contributed by atoms with van der Waals surface area (Å²) in [6.07, 6.45) is 0. The largest absolute Gasteiger partial charge is 0.373 e. The fourth-order valence-electron chi connectivity index (χ4n) is 1.80. The smallest absolute Gasteiger partial charge is 0.180 e. The number of halogens is 1. The van der Waals surface area contributed by atoms with Crippen molar-refractivity contribution in [2.45, 2.75) is 0 Å². The Kier molecular flexibility index (Phi) is 2.64. The number of hydrogen-bond acceptors (Lipinski definition) is 3. The quantitative estimate of drug-likeness (QED) is 0.741. The summed E-state index contributed by atoms with van der Waals surface area (Å²) in [5, 5.41) is 3.68. The molecule has 0 fully saturated rings. The van der Waals surface area contributed by atoms with Crippen molar-refractivity contribution in [1.29, 1.82) is 0 Å². The highest BCUT2D eigenvalue weighted by Gasteiger charge is 2.07. The van der Waals surface area contributed by atoms with Crippen molar-refractivity contribution in [1.82, 2.24) is 15.0 Å². The molecular weight excluding hydrogens is 248 g/mol. The fourth-order valence-corrected chi connectivity index (χ4v) is 1.99. The van der Waals surface area contributed by atoms with Crippen molar-refractivity contribution in [2.75, 3.05) is 12.4 Å². The van der Waals surface area contributed by atoms with Gasteiger partial charge in [-0.05, 0) is 24.3 Å². The van der Waals surface area contributed by atoms with Gasteiger partial charge in [0, 0.05) is 17.6 Å². The van der Waals surface area contributed by atoms with Crippen molar-refractivity contribution in [3.8, 4) is 11.4 Å². The van der Waals surface area contributed by atoms with Crippen LogP contribution >= 0.6 is 11.6 Å². The molecule has 2 heterocycles. The first kappa shape index (κ1) is 11.0. The molecule has 0 aliphatic carbocycles. The van der Waals surface area contributed by atoms with Crippen LogP contribution in [-0.2, 0) is 0 Å². The zero-order valence-electron chi connectivity index (χ0n) is 9.74. The standard InChI is InChI=1S/C13H11ClN4/c1-15-11-6-5-10-13(17-11)18-12(16-10)8-3-2-4-9(14)7-8/h2-7H,1H3,(H2,15,16,17,18). The number of anilines is 1. The Hall–Kier alpha value is -2.07. The van der Waals surface area contributed by atoms with Crippen molar-refractivity contribution in [2.24, 2.45) is 0 Å². The van der Waals surface area contributed by atoms with Gasteiger partial charge < -0.3 is 10.3 Å². The van der Waals surface area contributed by atoms with Crippen molar-refractivity contribution >= 4 is 28.6 Å². The molecule has 0 saturated carbocycles. The normalized spacial score (nSPS) is 10.8. The predicted molar refractivity (Wildman–Crippen MR) is 73.9 cm³/mol. The van der Waals surface area contributed by atoms with Crippen LogP contribution in [0.5, 0.6) is 0 Å². The Labute approximate surface area is 109 Å². The molecule has 90 valence electrons. The lowest BCUT2D eigenvalue weighted by Gasteiger charge is -1.95. The Morgan fingerprint density at radius 2 is 2.06 bits per heavy atom. The summed E-state index contributed by atoms with van der Waals surface area (Å²) in [6, 6.07) is 11.4. The molecule has 0 spiro atoms. The molecule has 1 aromatic carbocycles. The molecule has 18 heavy (non-hydrogen) atoms. The highest BCUT2D eigenvalue weighted by molar-refractivity contribution is 6.30. The number of benzene rings is 1. The first-order valence-electron chi connectivity index (χ1n) is 5.57. The van der Waals surface area contributed by atoms with E-state index in [4.69, 9.17) is 11.6 Å². The van der Waals surface area contributed by atoms with Crippen molar-refractivity contribution in [3.05, 3.63) is 41.4 Å². The molecule has 0 atom stereocenters. The molecule has 2 N–H and O–H groups in total. The van der Waals surface area contributed by atoms with Crippen molar-refractivity contribution in [3.63, 3.8) is 0 Å². The maximum atomic E-state index is 5.97. The van der Waals surface area contributed by atoms with Gasteiger partial charge >= 0.3 is 0 Å². The summed E-state index contributed by atoms with van der Waals surface area (Å²) < 4.78 is 0. The van der Waals surface area contributed by atoms with E-state index in [1.165, 1.54) is 0 Å². The van der Waals surface area contributed by atoms with Crippen LogP contribution in [0.2, 0.25) is 5.02 Å². The molecular formula is C13H11ClN4. The molecule has 3 rings (SSSR count). The summed E-state index contributed by atoms with van der Waals surface area (Å²) in [5.74, 6) is 1.57. The van der Waals surface area contributed by atoms with Crippen LogP contribution in [0.25, 0.3) is 22.6 Å². The van der Waals surface area contributed by atoms with Crippen LogP contribution in [-0.4, -0.2) is 22.0 Å². The number of imidazole rings is 1. The van der Waals surface area contributed by atoms with Gasteiger partial charge in [0.15, 0.2) is 5.65 Å². The van der Waals surface area contributed by atoms with Gasteiger partial charge in [-0.25, -0.2) is 9.97 Å². The van der Waals surface area contributed by atoms with Crippen LogP contribution in [0.1, 0.15) is 0 Å². The maximum Gasteiger partial charge on any atom is 0.180 e. The van der Waals surface area contributed by atoms with E-state index in [-0.39, 0.29) is 0 Å². The van der Waals surface area contributed by atoms with E-state index >= 15 is 0 Å². The number of aromatic nitrogens is 3. The number of fused-ring (bicyclic) bond motifs is 1. The van der Waals surface area contributed by atoms with Crippen LogP contribution in [0.4, 0.5) is 5.82 Å². The molecule has 4 nitrogen and oxygen atoms in total. The van der Waals surface area contributed by atoms with E-state index in [9.17, 15) is 0 Å². The van der Waals surface area contributed by atoms with E-state index in [1.54, 1.807) is 0 Å². The van der Waals surface area contributed by atoms with Gasteiger partial charge in [-0.1, -0.05) is 23.7 Å². The van der Waals surface area contributed by atoms with Crippen molar-refractivity contribution < 1.29 is 0 Å². The minimum Gasteiger partial charge on any atom is -0.373 e. The molecule has 2 aromatic heterocycles. The first-order valence-corrected chi connectivity index (χ1v) is 5.94. The lowest BCUT2D eigenvalue weighted by atomic mass is 10.2. The number of nitrogens with one attached hydrogen (secondary N) is 2. The fraction of sp³-hybridized carbons (Fsp3) is 0.0769. The Morgan fingerprint density at radius 1 is 1.17 bits per heavy atom. The zero-order chi connectivity index (χ0) is 12.5. The molecule has 0 amide bonds. The number of nitrogens with zero attached hydrogens (tertiary/aromatic N) is 2. The molecule has 0 unspecified atom stereocenters. The number of rotatable bonds is 2. The second-order valence-corrected chi connectivity index (χ2v) is 4.35. The van der Waals surface area contributed by atoms with E-state index in [0.717, 1.165) is 22.7 Å². The Morgan fingerprint density at radius 3 is 2.83 bits per heavy atom. The number of pyridine rings is 1. The van der Waals surface area contributed by atoms with Crippen LogP contribution in [0.15, 0.2) is 36.4 Å². The third-order valence-corrected chi connectivity index (χ3v) is 2.94. The van der Waals surface area contributed by atoms with E-state index in [2.05, 4.69) is 20.3 Å². The zero-order valence-corrected chi connectivity index (χ0v) is 10.5. The van der Waals surface area contributed by atoms with Crippen LogP contribution in [0, 0.1) is 0 Å². The van der Waals surface area contributed by atoms with Gasteiger partial charge in [-0.2, -0.15) is 0 Å². The topological polar surface area (TPSA) is 53.6 Å². The van der Waals surface area contributed by atoms with E-state index in [0.29, 0.717) is 10.7 Å². The number of H-pyrrole nitrogens is 1.